The largest absolute Gasteiger partial charge is 0.482 e. The Morgan fingerprint density at radius 1 is 1.12 bits per heavy atom. The van der Waals surface area contributed by atoms with E-state index in [1.165, 1.54) is 0 Å². The van der Waals surface area contributed by atoms with Gasteiger partial charge in [-0.15, -0.1) is 0 Å². The Hall–Kier alpha value is -2.21. The number of hydrogen-bond donors (Lipinski definition) is 1. The van der Waals surface area contributed by atoms with E-state index < -0.39 is 0 Å². The number of halogens is 3. The van der Waals surface area contributed by atoms with E-state index >= 15 is 0 Å². The van der Waals surface area contributed by atoms with Crippen molar-refractivity contribution < 1.29 is 9.53 Å². The van der Waals surface area contributed by atoms with Gasteiger partial charge in [0.15, 0.2) is 6.61 Å². The highest BCUT2D eigenvalue weighted by atomic mass is 35.5. The van der Waals surface area contributed by atoms with Crippen LogP contribution in [0.15, 0.2) is 48.5 Å². The maximum atomic E-state index is 12.3. The van der Waals surface area contributed by atoms with Gasteiger partial charge in [-0.25, -0.2) is 4.68 Å². The number of amides is 1. The van der Waals surface area contributed by atoms with Crippen LogP contribution in [0.3, 0.4) is 0 Å². The SMILES string of the molecule is Cc1cc(NC(=O)COc2ccc(Cl)cc2Cl)n(-c2cccc(Cl)c2)n1. The Bertz CT molecular complexity index is 957. The monoisotopic (exact) mass is 409 g/mol. The van der Waals surface area contributed by atoms with Gasteiger partial charge in [0.2, 0.25) is 0 Å². The Balaban J connectivity index is 1.72. The van der Waals surface area contributed by atoms with Gasteiger partial charge in [0, 0.05) is 16.1 Å². The van der Waals surface area contributed by atoms with Crippen molar-refractivity contribution in [1.29, 1.82) is 0 Å². The molecule has 0 fully saturated rings. The molecule has 0 atom stereocenters. The molecule has 134 valence electrons. The lowest BCUT2D eigenvalue weighted by Crippen LogP contribution is -2.22. The lowest BCUT2D eigenvalue weighted by molar-refractivity contribution is -0.118. The highest BCUT2D eigenvalue weighted by Crippen LogP contribution is 2.27. The molecular weight excluding hydrogens is 397 g/mol. The van der Waals surface area contributed by atoms with Crippen molar-refractivity contribution >= 4 is 46.5 Å². The van der Waals surface area contributed by atoms with Crippen LogP contribution in [-0.4, -0.2) is 22.3 Å². The molecule has 8 heteroatoms. The summed E-state index contributed by atoms with van der Waals surface area (Å²) in [5.41, 5.74) is 1.49. The fourth-order valence-corrected chi connectivity index (χ4v) is 2.96. The second-order valence-electron chi connectivity index (χ2n) is 5.47. The number of ether oxygens (including phenoxy) is 1. The third-order valence-corrected chi connectivity index (χ3v) is 4.17. The van der Waals surface area contributed by atoms with Crippen molar-refractivity contribution in [2.45, 2.75) is 6.92 Å². The molecule has 1 amide bonds. The molecule has 0 unspecified atom stereocenters. The molecule has 0 aliphatic carbocycles. The maximum absolute atomic E-state index is 12.3. The number of nitrogens with zero attached hydrogens (tertiary/aromatic N) is 2. The van der Waals surface area contributed by atoms with Crippen molar-refractivity contribution in [3.05, 3.63) is 69.3 Å². The third kappa shape index (κ3) is 4.49. The van der Waals surface area contributed by atoms with Crippen molar-refractivity contribution in [3.8, 4) is 11.4 Å². The van der Waals surface area contributed by atoms with Crippen molar-refractivity contribution in [1.82, 2.24) is 9.78 Å². The van der Waals surface area contributed by atoms with Gasteiger partial charge in [-0.1, -0.05) is 40.9 Å². The molecule has 3 rings (SSSR count). The second-order valence-corrected chi connectivity index (χ2v) is 6.75. The van der Waals surface area contributed by atoms with Gasteiger partial charge in [0.1, 0.15) is 11.6 Å². The van der Waals surface area contributed by atoms with E-state index in [9.17, 15) is 4.79 Å². The number of nitrogens with one attached hydrogen (secondary N) is 1. The van der Waals surface area contributed by atoms with Gasteiger partial charge in [0.25, 0.3) is 5.91 Å². The minimum atomic E-state index is -0.348. The number of aryl methyl sites for hydroxylation is 1. The number of rotatable bonds is 5. The molecule has 0 spiro atoms. The standard InChI is InChI=1S/C18H14Cl3N3O2/c1-11-7-17(24(23-11)14-4-2-3-12(19)8-14)22-18(25)10-26-16-6-5-13(20)9-15(16)21/h2-9H,10H2,1H3,(H,22,25). The normalized spacial score (nSPS) is 10.6. The first kappa shape index (κ1) is 18.6. The van der Waals surface area contributed by atoms with E-state index in [0.717, 1.165) is 11.4 Å². The molecule has 0 radical (unpaired) electrons. The van der Waals surface area contributed by atoms with E-state index in [-0.39, 0.29) is 12.5 Å². The van der Waals surface area contributed by atoms with E-state index in [2.05, 4.69) is 10.4 Å². The third-order valence-electron chi connectivity index (χ3n) is 3.40. The van der Waals surface area contributed by atoms with Gasteiger partial charge in [-0.3, -0.25) is 4.79 Å². The van der Waals surface area contributed by atoms with Crippen molar-refractivity contribution in [3.63, 3.8) is 0 Å². The van der Waals surface area contributed by atoms with Crippen molar-refractivity contribution in [2.24, 2.45) is 0 Å². The summed E-state index contributed by atoms with van der Waals surface area (Å²) in [4.78, 5) is 12.3. The zero-order chi connectivity index (χ0) is 18.7. The summed E-state index contributed by atoms with van der Waals surface area (Å²) in [5.74, 6) is 0.547. The number of benzene rings is 2. The van der Waals surface area contributed by atoms with E-state index in [1.807, 2.05) is 19.1 Å². The summed E-state index contributed by atoms with van der Waals surface area (Å²) in [5, 5.41) is 8.57. The predicted octanol–water partition coefficient (Wildman–Crippen LogP) is 5.16. The molecule has 1 N–H and O–H groups in total. The second kappa shape index (κ2) is 7.99. The van der Waals surface area contributed by atoms with Crippen LogP contribution >= 0.6 is 34.8 Å². The molecule has 0 saturated heterocycles. The molecule has 26 heavy (non-hydrogen) atoms. The number of carbonyl (C=O) groups excluding carboxylic acids is 1. The van der Waals surface area contributed by atoms with Crippen LogP contribution in [0.25, 0.3) is 5.69 Å². The van der Waals surface area contributed by atoms with Gasteiger partial charge in [-0.05, 0) is 43.3 Å². The lowest BCUT2D eigenvalue weighted by atomic mass is 10.3. The summed E-state index contributed by atoms with van der Waals surface area (Å²) in [7, 11) is 0. The zero-order valence-electron chi connectivity index (χ0n) is 13.7. The topological polar surface area (TPSA) is 56.1 Å². The Kier molecular flexibility index (Phi) is 5.71. The molecule has 1 aromatic heterocycles. The van der Waals surface area contributed by atoms with E-state index in [4.69, 9.17) is 39.5 Å². The fraction of sp³-hybridized carbons (Fsp3) is 0.111. The molecule has 0 saturated carbocycles. The number of carbonyl (C=O) groups is 1. The predicted molar refractivity (Wildman–Crippen MR) is 104 cm³/mol. The Labute approximate surface area is 165 Å². The molecule has 2 aromatic carbocycles. The van der Waals surface area contributed by atoms with E-state index in [0.29, 0.717) is 26.6 Å². The fourth-order valence-electron chi connectivity index (χ4n) is 2.31. The number of hydrogen-bond acceptors (Lipinski definition) is 3. The minimum Gasteiger partial charge on any atom is -0.482 e. The summed E-state index contributed by atoms with van der Waals surface area (Å²) in [6.45, 7) is 1.63. The van der Waals surface area contributed by atoms with Crippen LogP contribution in [0, 0.1) is 6.92 Å². The van der Waals surface area contributed by atoms with Crippen LogP contribution in [0.2, 0.25) is 15.1 Å². The Morgan fingerprint density at radius 3 is 2.62 bits per heavy atom. The summed E-state index contributed by atoms with van der Waals surface area (Å²) < 4.78 is 7.05. The quantitative estimate of drug-likeness (QED) is 0.632. The lowest BCUT2D eigenvalue weighted by Gasteiger charge is -2.11. The minimum absolute atomic E-state index is 0.207. The van der Waals surface area contributed by atoms with Gasteiger partial charge < -0.3 is 10.1 Å². The molecule has 1 heterocycles. The first-order valence-electron chi connectivity index (χ1n) is 7.62. The van der Waals surface area contributed by atoms with Gasteiger partial charge in [-0.2, -0.15) is 5.10 Å². The average molecular weight is 411 g/mol. The highest BCUT2D eigenvalue weighted by Gasteiger charge is 2.12. The first-order valence-corrected chi connectivity index (χ1v) is 8.76. The van der Waals surface area contributed by atoms with Gasteiger partial charge in [0.05, 0.1) is 16.4 Å². The first-order chi connectivity index (χ1) is 12.4. The molecular formula is C18H14Cl3N3O2. The smallest absolute Gasteiger partial charge is 0.263 e. The molecule has 3 aromatic rings. The number of aromatic nitrogens is 2. The average Bonchev–Trinajstić information content (AvgIpc) is 2.94. The summed E-state index contributed by atoms with van der Waals surface area (Å²) in [6, 6.07) is 13.7. The Morgan fingerprint density at radius 2 is 1.88 bits per heavy atom. The highest BCUT2D eigenvalue weighted by molar-refractivity contribution is 6.35. The summed E-state index contributed by atoms with van der Waals surface area (Å²) in [6.07, 6.45) is 0. The molecule has 0 bridgehead atoms. The van der Waals surface area contributed by atoms with Crippen LogP contribution in [-0.2, 0) is 4.79 Å². The van der Waals surface area contributed by atoms with Gasteiger partial charge >= 0.3 is 0 Å². The molecule has 0 aliphatic rings. The van der Waals surface area contributed by atoms with Crippen LogP contribution < -0.4 is 10.1 Å². The van der Waals surface area contributed by atoms with Crippen molar-refractivity contribution in [2.75, 3.05) is 11.9 Å². The number of anilines is 1. The zero-order valence-corrected chi connectivity index (χ0v) is 15.9. The molecule has 5 nitrogen and oxygen atoms in total. The van der Waals surface area contributed by atoms with Crippen LogP contribution in [0.4, 0.5) is 5.82 Å². The van der Waals surface area contributed by atoms with Crippen LogP contribution in [0.5, 0.6) is 5.75 Å². The van der Waals surface area contributed by atoms with E-state index in [1.54, 1.807) is 41.1 Å². The summed E-state index contributed by atoms with van der Waals surface area (Å²) >= 11 is 17.9. The molecule has 0 aliphatic heterocycles. The van der Waals surface area contributed by atoms with Crippen LogP contribution in [0.1, 0.15) is 5.69 Å². The maximum Gasteiger partial charge on any atom is 0.263 e.